The molecule has 1 unspecified atom stereocenters. The summed E-state index contributed by atoms with van der Waals surface area (Å²) in [5, 5.41) is 18.7. The Kier molecular flexibility index (Phi) is 4.26. The van der Waals surface area contributed by atoms with Crippen molar-refractivity contribution in [2.75, 3.05) is 5.75 Å². The lowest BCUT2D eigenvalue weighted by molar-refractivity contribution is -0.136. The average molecular weight is 218 g/mol. The number of thioether (sulfide) groups is 1. The molecule has 0 aromatic heterocycles. The molecular formula is C10H18O3S. The van der Waals surface area contributed by atoms with E-state index < -0.39 is 11.6 Å². The van der Waals surface area contributed by atoms with Crippen molar-refractivity contribution in [3.8, 4) is 0 Å². The maximum atomic E-state index is 10.4. The van der Waals surface area contributed by atoms with Crippen LogP contribution in [0.15, 0.2) is 0 Å². The second-order valence-corrected chi connectivity index (χ2v) is 5.58. The number of hydrogen-bond donors (Lipinski definition) is 2. The van der Waals surface area contributed by atoms with E-state index >= 15 is 0 Å². The molecule has 1 saturated carbocycles. The third-order valence-corrected chi connectivity index (χ3v) is 4.07. The third-order valence-electron chi connectivity index (χ3n) is 2.63. The molecule has 1 aliphatic rings. The lowest BCUT2D eigenvalue weighted by Gasteiger charge is -2.23. The number of carboxylic acids is 1. The molecule has 0 aromatic rings. The predicted octanol–water partition coefficient (Wildman–Crippen LogP) is 1.89. The van der Waals surface area contributed by atoms with Gasteiger partial charge in [0, 0.05) is 11.0 Å². The van der Waals surface area contributed by atoms with Gasteiger partial charge in [-0.05, 0) is 12.8 Å². The summed E-state index contributed by atoms with van der Waals surface area (Å²) in [6.45, 7) is 1.90. The van der Waals surface area contributed by atoms with Crippen LogP contribution in [0.5, 0.6) is 0 Å². The van der Waals surface area contributed by atoms with E-state index in [9.17, 15) is 9.90 Å². The lowest BCUT2D eigenvalue weighted by atomic mass is 10.1. The Labute approximate surface area is 88.9 Å². The van der Waals surface area contributed by atoms with E-state index in [0.29, 0.717) is 5.75 Å². The predicted molar refractivity (Wildman–Crippen MR) is 57.6 cm³/mol. The van der Waals surface area contributed by atoms with Crippen LogP contribution in [0.2, 0.25) is 0 Å². The van der Waals surface area contributed by atoms with Crippen LogP contribution in [0.25, 0.3) is 0 Å². The fraction of sp³-hybridized carbons (Fsp3) is 0.900. The Hall–Kier alpha value is -0.220. The van der Waals surface area contributed by atoms with Gasteiger partial charge in [0.2, 0.25) is 0 Å². The fourth-order valence-corrected chi connectivity index (χ4v) is 2.92. The average Bonchev–Trinajstić information content (AvgIpc) is 2.49. The molecule has 0 spiro atoms. The monoisotopic (exact) mass is 218 g/mol. The van der Waals surface area contributed by atoms with Gasteiger partial charge in [-0.2, -0.15) is 11.8 Å². The van der Waals surface area contributed by atoms with Crippen molar-refractivity contribution in [1.82, 2.24) is 0 Å². The van der Waals surface area contributed by atoms with Gasteiger partial charge < -0.3 is 10.2 Å². The van der Waals surface area contributed by atoms with Crippen molar-refractivity contribution < 1.29 is 15.0 Å². The summed E-state index contributed by atoms with van der Waals surface area (Å²) in [7, 11) is 0. The minimum Gasteiger partial charge on any atom is -0.481 e. The summed E-state index contributed by atoms with van der Waals surface area (Å²) in [6, 6.07) is 0. The second kappa shape index (κ2) is 5.03. The van der Waals surface area contributed by atoms with Crippen LogP contribution >= 0.6 is 11.8 Å². The largest absolute Gasteiger partial charge is 0.481 e. The van der Waals surface area contributed by atoms with E-state index in [-0.39, 0.29) is 11.7 Å². The van der Waals surface area contributed by atoms with Crippen LogP contribution in [-0.2, 0) is 4.79 Å². The molecule has 82 valence electrons. The Morgan fingerprint density at radius 2 is 2.07 bits per heavy atom. The molecule has 0 saturated heterocycles. The summed E-state index contributed by atoms with van der Waals surface area (Å²) in [4.78, 5) is 10.4. The third kappa shape index (κ3) is 3.88. The molecule has 14 heavy (non-hydrogen) atoms. The molecule has 0 heterocycles. The van der Waals surface area contributed by atoms with Gasteiger partial charge in [-0.1, -0.05) is 19.8 Å². The van der Waals surface area contributed by atoms with Gasteiger partial charge in [0.25, 0.3) is 0 Å². The van der Waals surface area contributed by atoms with E-state index in [4.69, 9.17) is 5.11 Å². The SMILES string of the molecule is CC(CC(=O)O)SCC1(O)CCCC1. The van der Waals surface area contributed by atoms with Crippen molar-refractivity contribution in [2.45, 2.75) is 49.9 Å². The first-order valence-corrected chi connectivity index (χ1v) is 6.12. The highest BCUT2D eigenvalue weighted by molar-refractivity contribution is 7.99. The number of carboxylic acid groups (broad SMARTS) is 1. The minimum absolute atomic E-state index is 0.0946. The molecule has 0 bridgehead atoms. The van der Waals surface area contributed by atoms with E-state index in [1.54, 1.807) is 11.8 Å². The highest BCUT2D eigenvalue weighted by atomic mass is 32.2. The Bertz CT molecular complexity index is 200. The Morgan fingerprint density at radius 3 is 2.57 bits per heavy atom. The highest BCUT2D eigenvalue weighted by Crippen LogP contribution is 2.33. The van der Waals surface area contributed by atoms with E-state index in [1.807, 2.05) is 6.92 Å². The van der Waals surface area contributed by atoms with E-state index in [2.05, 4.69) is 0 Å². The van der Waals surface area contributed by atoms with Crippen LogP contribution < -0.4 is 0 Å². The zero-order valence-corrected chi connectivity index (χ0v) is 9.35. The number of carbonyl (C=O) groups is 1. The molecule has 2 N–H and O–H groups in total. The number of aliphatic hydroxyl groups is 1. The van der Waals surface area contributed by atoms with E-state index in [0.717, 1.165) is 25.7 Å². The maximum absolute atomic E-state index is 10.4. The van der Waals surface area contributed by atoms with Crippen LogP contribution in [0, 0.1) is 0 Å². The molecular weight excluding hydrogens is 200 g/mol. The summed E-state index contributed by atoms with van der Waals surface area (Å²) in [5.74, 6) is -0.0787. The van der Waals surface area contributed by atoms with Gasteiger partial charge in [-0.3, -0.25) is 4.79 Å². The Balaban J connectivity index is 2.22. The highest BCUT2D eigenvalue weighted by Gasteiger charge is 2.31. The quantitative estimate of drug-likeness (QED) is 0.740. The molecule has 0 radical (unpaired) electrons. The van der Waals surface area contributed by atoms with Gasteiger partial charge in [0.15, 0.2) is 0 Å². The molecule has 4 heteroatoms. The van der Waals surface area contributed by atoms with Gasteiger partial charge in [-0.15, -0.1) is 0 Å². The second-order valence-electron chi connectivity index (χ2n) is 4.15. The first kappa shape index (κ1) is 11.9. The van der Waals surface area contributed by atoms with Gasteiger partial charge >= 0.3 is 5.97 Å². The standard InChI is InChI=1S/C10H18O3S/c1-8(6-9(11)12)14-7-10(13)4-2-3-5-10/h8,13H,2-7H2,1H3,(H,11,12). The topological polar surface area (TPSA) is 57.5 Å². The molecule has 0 aromatic carbocycles. The van der Waals surface area contributed by atoms with Crippen LogP contribution in [-0.4, -0.2) is 32.8 Å². The van der Waals surface area contributed by atoms with Crippen LogP contribution in [0.4, 0.5) is 0 Å². The molecule has 1 rings (SSSR count). The summed E-state index contributed by atoms with van der Waals surface area (Å²) in [5.41, 5.74) is -0.516. The van der Waals surface area contributed by atoms with Crippen molar-refractivity contribution in [3.63, 3.8) is 0 Å². The van der Waals surface area contributed by atoms with Crippen LogP contribution in [0.3, 0.4) is 0 Å². The van der Waals surface area contributed by atoms with Gasteiger partial charge in [0.05, 0.1) is 12.0 Å². The number of rotatable bonds is 5. The summed E-state index contributed by atoms with van der Waals surface area (Å²) >= 11 is 1.57. The maximum Gasteiger partial charge on any atom is 0.304 e. The smallest absolute Gasteiger partial charge is 0.304 e. The molecule has 1 aliphatic carbocycles. The van der Waals surface area contributed by atoms with Gasteiger partial charge in [-0.25, -0.2) is 0 Å². The summed E-state index contributed by atoms with van der Waals surface area (Å²) < 4.78 is 0. The zero-order valence-electron chi connectivity index (χ0n) is 8.53. The normalized spacial score (nSPS) is 22.1. The van der Waals surface area contributed by atoms with Crippen LogP contribution in [0.1, 0.15) is 39.0 Å². The minimum atomic E-state index is -0.761. The molecule has 0 amide bonds. The molecule has 1 fully saturated rings. The van der Waals surface area contributed by atoms with Crippen molar-refractivity contribution in [1.29, 1.82) is 0 Å². The van der Waals surface area contributed by atoms with Crippen molar-refractivity contribution >= 4 is 17.7 Å². The first-order valence-electron chi connectivity index (χ1n) is 5.08. The number of hydrogen-bond acceptors (Lipinski definition) is 3. The van der Waals surface area contributed by atoms with Crippen molar-refractivity contribution in [3.05, 3.63) is 0 Å². The van der Waals surface area contributed by atoms with E-state index in [1.165, 1.54) is 0 Å². The first-order chi connectivity index (χ1) is 6.52. The van der Waals surface area contributed by atoms with Gasteiger partial charge in [0.1, 0.15) is 0 Å². The lowest BCUT2D eigenvalue weighted by Crippen LogP contribution is -2.28. The Morgan fingerprint density at radius 1 is 1.50 bits per heavy atom. The fourth-order valence-electron chi connectivity index (χ4n) is 1.78. The molecule has 1 atom stereocenters. The van der Waals surface area contributed by atoms with Crippen molar-refractivity contribution in [2.24, 2.45) is 0 Å². The summed E-state index contributed by atoms with van der Waals surface area (Å²) in [6.07, 6.45) is 4.13. The number of aliphatic carboxylic acids is 1. The molecule has 3 nitrogen and oxygen atoms in total. The zero-order chi connectivity index (χ0) is 10.6. The molecule has 0 aliphatic heterocycles.